The lowest BCUT2D eigenvalue weighted by Gasteiger charge is -2.10. The minimum absolute atomic E-state index is 0.881. The molecule has 4 nitrogen and oxygen atoms in total. The number of aromatic nitrogens is 3. The van der Waals surface area contributed by atoms with E-state index in [0.29, 0.717) is 0 Å². The molecule has 0 fully saturated rings. The number of furan rings is 1. The third-order valence-electron chi connectivity index (χ3n) is 13.4. The monoisotopic (exact) mass is 815 g/mol. The second-order valence-corrected chi connectivity index (χ2v) is 16.9. The highest BCUT2D eigenvalue weighted by Crippen LogP contribution is 2.44. The van der Waals surface area contributed by atoms with E-state index in [1.54, 1.807) is 0 Å². The van der Waals surface area contributed by atoms with Gasteiger partial charge in [-0.3, -0.25) is 0 Å². The van der Waals surface area contributed by atoms with Gasteiger partial charge in [-0.15, -0.1) is 0 Å². The Morgan fingerprint density at radius 3 is 1.30 bits per heavy atom. The van der Waals surface area contributed by atoms with Crippen LogP contribution in [0.4, 0.5) is 0 Å². The lowest BCUT2D eigenvalue weighted by atomic mass is 9.96. The Morgan fingerprint density at radius 2 is 0.688 bits per heavy atom. The summed E-state index contributed by atoms with van der Waals surface area (Å²) in [6, 6.07) is 81.4. The summed E-state index contributed by atoms with van der Waals surface area (Å²) >= 11 is 0. The summed E-state index contributed by atoms with van der Waals surface area (Å²) in [6.45, 7) is 0. The fourth-order valence-corrected chi connectivity index (χ4v) is 10.6. The molecule has 0 saturated carbocycles. The number of benzene rings is 10. The summed E-state index contributed by atoms with van der Waals surface area (Å²) in [5.74, 6) is 0. The number of rotatable bonds is 5. The molecule has 10 aromatic carbocycles. The SMILES string of the molecule is c1ccc(-n2c3ccccc3c3cc(-c4cccc5oc6ccc(-c7ccc8c(c7)c7cc9c%10ccccc%10n(-c%10ccccc%10)c9cc7n8-c7ccccc7)cc6c45)ccc32)cc1. The zero-order chi connectivity index (χ0) is 41.9. The van der Waals surface area contributed by atoms with E-state index in [9.17, 15) is 0 Å². The van der Waals surface area contributed by atoms with Crippen molar-refractivity contribution in [1.82, 2.24) is 13.7 Å². The minimum atomic E-state index is 0.881. The van der Waals surface area contributed by atoms with Gasteiger partial charge in [0.05, 0.1) is 33.1 Å². The molecule has 0 amide bonds. The van der Waals surface area contributed by atoms with Gasteiger partial charge in [-0.2, -0.15) is 0 Å². The maximum absolute atomic E-state index is 6.61. The van der Waals surface area contributed by atoms with Crippen molar-refractivity contribution in [3.8, 4) is 39.3 Å². The number of para-hydroxylation sites is 5. The van der Waals surface area contributed by atoms with Crippen LogP contribution in [0.15, 0.2) is 229 Å². The van der Waals surface area contributed by atoms with Gasteiger partial charge in [-0.05, 0) is 125 Å². The molecule has 4 heterocycles. The number of hydrogen-bond acceptors (Lipinski definition) is 1. The number of nitrogens with zero attached hydrogens (tertiary/aromatic N) is 3. The number of fused-ring (bicyclic) bond motifs is 12. The Hall–Kier alpha value is -8.60. The van der Waals surface area contributed by atoms with E-state index < -0.39 is 0 Å². The normalized spacial score (nSPS) is 12.1. The molecule has 0 aliphatic rings. The lowest BCUT2D eigenvalue weighted by molar-refractivity contribution is 0.669. The van der Waals surface area contributed by atoms with Crippen LogP contribution in [0.1, 0.15) is 0 Å². The molecule has 298 valence electrons. The second-order valence-electron chi connectivity index (χ2n) is 16.9. The zero-order valence-corrected chi connectivity index (χ0v) is 34.6. The molecule has 0 radical (unpaired) electrons. The van der Waals surface area contributed by atoms with Crippen molar-refractivity contribution < 1.29 is 4.42 Å². The average molecular weight is 816 g/mol. The van der Waals surface area contributed by atoms with Gasteiger partial charge in [-0.1, -0.05) is 121 Å². The molecule has 14 aromatic rings. The molecule has 0 atom stereocenters. The van der Waals surface area contributed by atoms with Crippen LogP contribution in [0.25, 0.3) is 127 Å². The molecule has 0 N–H and O–H groups in total. The van der Waals surface area contributed by atoms with Gasteiger partial charge in [0.25, 0.3) is 0 Å². The Labute approximate surface area is 367 Å². The highest BCUT2D eigenvalue weighted by atomic mass is 16.3. The summed E-state index contributed by atoms with van der Waals surface area (Å²) in [5.41, 5.74) is 17.0. The highest BCUT2D eigenvalue weighted by molar-refractivity contribution is 6.20. The van der Waals surface area contributed by atoms with Crippen LogP contribution in [0.2, 0.25) is 0 Å². The Balaban J connectivity index is 0.968. The van der Waals surface area contributed by atoms with E-state index in [0.717, 1.165) is 61.3 Å². The smallest absolute Gasteiger partial charge is 0.136 e. The van der Waals surface area contributed by atoms with Gasteiger partial charge in [-0.25, -0.2) is 0 Å². The first-order chi connectivity index (χ1) is 31.7. The topological polar surface area (TPSA) is 27.9 Å². The Kier molecular flexibility index (Phi) is 7.36. The third kappa shape index (κ3) is 5.05. The van der Waals surface area contributed by atoms with Crippen molar-refractivity contribution in [2.45, 2.75) is 0 Å². The van der Waals surface area contributed by atoms with E-state index in [-0.39, 0.29) is 0 Å². The second kappa shape index (κ2) is 13.4. The third-order valence-corrected chi connectivity index (χ3v) is 13.4. The van der Waals surface area contributed by atoms with Crippen LogP contribution in [0.3, 0.4) is 0 Å². The van der Waals surface area contributed by atoms with Gasteiger partial charge in [0.15, 0.2) is 0 Å². The number of hydrogen-bond donors (Lipinski definition) is 0. The molecule has 0 spiro atoms. The lowest BCUT2D eigenvalue weighted by Crippen LogP contribution is -1.95. The van der Waals surface area contributed by atoms with Gasteiger partial charge >= 0.3 is 0 Å². The highest BCUT2D eigenvalue weighted by Gasteiger charge is 2.21. The Morgan fingerprint density at radius 1 is 0.250 bits per heavy atom. The van der Waals surface area contributed by atoms with Gasteiger partial charge in [0.2, 0.25) is 0 Å². The zero-order valence-electron chi connectivity index (χ0n) is 34.6. The largest absolute Gasteiger partial charge is 0.456 e. The maximum atomic E-state index is 6.61. The summed E-state index contributed by atoms with van der Waals surface area (Å²) in [4.78, 5) is 0. The Bertz CT molecular complexity index is 4170. The standard InChI is InChI=1S/C60H37N3O/c1-4-15-41(16-5-1)61-52-24-12-10-21-45(52)47-35-40(28-31-54(47)61)44-23-14-26-59-60(44)51-34-39(29-32-58(51)64-59)38-27-30-55-48(33-38)50-36-49-46-22-11-13-25-53(46)62(42-17-6-2-7-18-42)56(49)37-57(50)63(55)43-19-8-3-9-20-43/h1-37H. The first kappa shape index (κ1) is 35.0. The summed E-state index contributed by atoms with van der Waals surface area (Å²) in [6.07, 6.45) is 0. The molecular formula is C60H37N3O. The summed E-state index contributed by atoms with van der Waals surface area (Å²) in [5, 5.41) is 9.64. The fourth-order valence-electron chi connectivity index (χ4n) is 10.6. The van der Waals surface area contributed by atoms with Crippen molar-refractivity contribution in [2.24, 2.45) is 0 Å². The summed E-state index contributed by atoms with van der Waals surface area (Å²) < 4.78 is 13.8. The predicted molar refractivity (Wildman–Crippen MR) is 268 cm³/mol. The molecule has 0 aliphatic heterocycles. The van der Waals surface area contributed by atoms with Crippen LogP contribution >= 0.6 is 0 Å². The van der Waals surface area contributed by atoms with Gasteiger partial charge in [0.1, 0.15) is 11.2 Å². The molecule has 0 saturated heterocycles. The van der Waals surface area contributed by atoms with E-state index in [2.05, 4.69) is 238 Å². The van der Waals surface area contributed by atoms with Crippen molar-refractivity contribution in [2.75, 3.05) is 0 Å². The molecule has 0 unspecified atom stereocenters. The summed E-state index contributed by atoms with van der Waals surface area (Å²) in [7, 11) is 0. The van der Waals surface area contributed by atoms with Gasteiger partial charge in [0, 0.05) is 60.2 Å². The quantitative estimate of drug-likeness (QED) is 0.170. The average Bonchev–Trinajstić information content (AvgIpc) is 4.09. The van der Waals surface area contributed by atoms with Crippen LogP contribution in [-0.2, 0) is 0 Å². The first-order valence-electron chi connectivity index (χ1n) is 21.9. The molecule has 64 heavy (non-hydrogen) atoms. The molecular weight excluding hydrogens is 779 g/mol. The van der Waals surface area contributed by atoms with Crippen molar-refractivity contribution in [1.29, 1.82) is 0 Å². The maximum Gasteiger partial charge on any atom is 0.136 e. The van der Waals surface area contributed by atoms with Crippen LogP contribution < -0.4 is 0 Å². The van der Waals surface area contributed by atoms with Gasteiger partial charge < -0.3 is 18.1 Å². The van der Waals surface area contributed by atoms with Crippen molar-refractivity contribution >= 4 is 87.4 Å². The molecule has 0 aliphatic carbocycles. The van der Waals surface area contributed by atoms with Crippen LogP contribution in [0, 0.1) is 0 Å². The van der Waals surface area contributed by atoms with E-state index >= 15 is 0 Å². The molecule has 14 rings (SSSR count). The van der Waals surface area contributed by atoms with Crippen LogP contribution in [0.5, 0.6) is 0 Å². The van der Waals surface area contributed by atoms with Crippen LogP contribution in [-0.4, -0.2) is 13.7 Å². The van der Waals surface area contributed by atoms with E-state index in [4.69, 9.17) is 4.42 Å². The fraction of sp³-hybridized carbons (Fsp3) is 0. The molecule has 4 heteroatoms. The van der Waals surface area contributed by atoms with Crippen molar-refractivity contribution in [3.05, 3.63) is 224 Å². The first-order valence-corrected chi connectivity index (χ1v) is 21.9. The van der Waals surface area contributed by atoms with E-state index in [1.165, 1.54) is 65.4 Å². The molecule has 4 aromatic heterocycles. The molecule has 0 bridgehead atoms. The predicted octanol–water partition coefficient (Wildman–Crippen LogP) is 16.2. The minimum Gasteiger partial charge on any atom is -0.456 e. The van der Waals surface area contributed by atoms with E-state index in [1.807, 2.05) is 0 Å². The van der Waals surface area contributed by atoms with Crippen molar-refractivity contribution in [3.63, 3.8) is 0 Å².